The molecular formula is C25H48O. The molecule has 0 N–H and O–H groups in total. The van der Waals surface area contributed by atoms with Gasteiger partial charge >= 0.3 is 0 Å². The summed E-state index contributed by atoms with van der Waals surface area (Å²) in [5.74, 6) is 1.44. The van der Waals surface area contributed by atoms with Crippen LogP contribution in [0, 0.1) is 18.8 Å². The van der Waals surface area contributed by atoms with E-state index in [4.69, 9.17) is 0 Å². The van der Waals surface area contributed by atoms with Crippen molar-refractivity contribution in [3.8, 4) is 0 Å². The molecule has 0 aliphatic heterocycles. The normalized spacial score (nSPS) is 9.38. The van der Waals surface area contributed by atoms with Crippen LogP contribution in [-0.2, 0) is 11.2 Å². The highest BCUT2D eigenvalue weighted by molar-refractivity contribution is 5.77. The summed E-state index contributed by atoms with van der Waals surface area (Å²) in [5, 5.41) is 0. The number of rotatable bonds is 6. The van der Waals surface area contributed by atoms with Gasteiger partial charge in [-0.3, -0.25) is 4.79 Å². The quantitative estimate of drug-likeness (QED) is 0.495. The maximum Gasteiger partial charge on any atom is 0.132 e. The molecule has 26 heavy (non-hydrogen) atoms. The Morgan fingerprint density at radius 2 is 1.35 bits per heavy atom. The van der Waals surface area contributed by atoms with Crippen LogP contribution in [0.1, 0.15) is 106 Å². The van der Waals surface area contributed by atoms with Crippen LogP contribution in [0.25, 0.3) is 0 Å². The number of aryl methyl sites for hydroxylation is 2. The van der Waals surface area contributed by atoms with E-state index in [1.807, 2.05) is 13.8 Å². The first-order valence-electron chi connectivity index (χ1n) is 10.8. The van der Waals surface area contributed by atoms with Crippen molar-refractivity contribution >= 4 is 5.78 Å². The molecule has 1 nitrogen and oxygen atoms in total. The van der Waals surface area contributed by atoms with E-state index in [0.717, 1.165) is 12.3 Å². The van der Waals surface area contributed by atoms with Crippen LogP contribution in [0.5, 0.6) is 0 Å². The topological polar surface area (TPSA) is 17.1 Å². The van der Waals surface area contributed by atoms with Gasteiger partial charge in [-0.2, -0.15) is 0 Å². The Hall–Kier alpha value is -1.11. The molecule has 0 amide bonds. The third-order valence-corrected chi connectivity index (χ3v) is 3.87. The molecule has 0 aromatic heterocycles. The largest absolute Gasteiger partial charge is 0.300 e. The second-order valence-electron chi connectivity index (χ2n) is 7.50. The molecule has 1 aromatic carbocycles. The number of hydrogen-bond donors (Lipinski definition) is 0. The van der Waals surface area contributed by atoms with Crippen molar-refractivity contribution in [2.75, 3.05) is 0 Å². The molecule has 0 heterocycles. The molecule has 0 aliphatic carbocycles. The van der Waals surface area contributed by atoms with Gasteiger partial charge in [-0.15, -0.1) is 0 Å². The number of ketones is 1. The molecule has 0 saturated heterocycles. The van der Waals surface area contributed by atoms with E-state index in [1.165, 1.54) is 43.2 Å². The lowest BCUT2D eigenvalue weighted by atomic mass is 10.0. The first-order chi connectivity index (χ1) is 12.2. The summed E-state index contributed by atoms with van der Waals surface area (Å²) in [6.07, 6.45) is 7.91. The molecule has 1 aromatic rings. The Labute approximate surface area is 166 Å². The van der Waals surface area contributed by atoms with E-state index in [2.05, 4.69) is 72.7 Å². The highest BCUT2D eigenvalue weighted by Crippen LogP contribution is 2.10. The van der Waals surface area contributed by atoms with E-state index in [1.54, 1.807) is 6.92 Å². The molecule has 0 unspecified atom stereocenters. The van der Waals surface area contributed by atoms with Crippen molar-refractivity contribution in [3.05, 3.63) is 35.4 Å². The van der Waals surface area contributed by atoms with E-state index in [0.29, 0.717) is 0 Å². The third kappa shape index (κ3) is 25.1. The van der Waals surface area contributed by atoms with Crippen molar-refractivity contribution in [2.45, 2.75) is 108 Å². The van der Waals surface area contributed by atoms with E-state index in [9.17, 15) is 4.79 Å². The molecule has 0 aliphatic rings. The van der Waals surface area contributed by atoms with E-state index < -0.39 is 0 Å². The molecule has 1 rings (SSSR count). The van der Waals surface area contributed by atoms with Crippen molar-refractivity contribution < 1.29 is 4.79 Å². The molecule has 154 valence electrons. The van der Waals surface area contributed by atoms with Crippen LogP contribution in [0.2, 0.25) is 0 Å². The van der Waals surface area contributed by atoms with E-state index in [-0.39, 0.29) is 11.7 Å². The smallest absolute Gasteiger partial charge is 0.132 e. The molecule has 0 atom stereocenters. The molecule has 0 saturated carbocycles. The standard InChI is InChI=1S/C9H12.C8H18.C5H10O.C3H8/c1-3-9-6-4-5-8(2)7-9;1-4-6-8(3)7-5-2;1-4(2)5(3)6;1-3-2/h4-7H,3H2,1-2H3;8H,4-7H2,1-3H3;4H,1-3H3;3H2,1-2H3. The lowest BCUT2D eigenvalue weighted by Gasteiger charge is -2.05. The maximum atomic E-state index is 10.1. The zero-order valence-corrected chi connectivity index (χ0v) is 19.6. The fraction of sp³-hybridized carbons (Fsp3) is 0.720. The zero-order valence-electron chi connectivity index (χ0n) is 19.6. The predicted molar refractivity (Wildman–Crippen MR) is 121 cm³/mol. The van der Waals surface area contributed by atoms with Crippen molar-refractivity contribution in [1.29, 1.82) is 0 Å². The predicted octanol–water partition coefficient (Wildman–Crippen LogP) is 8.43. The summed E-state index contributed by atoms with van der Waals surface area (Å²) >= 11 is 0. The van der Waals surface area contributed by atoms with Crippen LogP contribution in [0.4, 0.5) is 0 Å². The van der Waals surface area contributed by atoms with Gasteiger partial charge in [-0.1, -0.05) is 117 Å². The van der Waals surface area contributed by atoms with Gasteiger partial charge in [0.25, 0.3) is 0 Å². The maximum absolute atomic E-state index is 10.1. The molecule has 1 heteroatoms. The van der Waals surface area contributed by atoms with Crippen molar-refractivity contribution in [2.24, 2.45) is 11.8 Å². The second kappa shape index (κ2) is 21.9. The van der Waals surface area contributed by atoms with E-state index >= 15 is 0 Å². The molecule has 0 bridgehead atoms. The second-order valence-corrected chi connectivity index (χ2v) is 7.50. The minimum atomic E-state index is 0.213. The summed E-state index contributed by atoms with van der Waals surface area (Å²) in [6, 6.07) is 8.61. The Morgan fingerprint density at radius 1 is 0.923 bits per heavy atom. The number of Topliss-reactive ketones (excluding diaryl/α,β-unsaturated/α-hetero) is 1. The SMILES string of the molecule is CC(=O)C(C)C.CCC.CCCC(C)CCC.CCc1cccc(C)c1. The Morgan fingerprint density at radius 3 is 1.58 bits per heavy atom. The van der Waals surface area contributed by atoms with Crippen LogP contribution in [0.3, 0.4) is 0 Å². The van der Waals surface area contributed by atoms with Crippen LogP contribution < -0.4 is 0 Å². The third-order valence-electron chi connectivity index (χ3n) is 3.87. The van der Waals surface area contributed by atoms with Crippen molar-refractivity contribution in [1.82, 2.24) is 0 Å². The lowest BCUT2D eigenvalue weighted by molar-refractivity contribution is -0.119. The Bertz CT molecular complexity index is 400. The van der Waals surface area contributed by atoms with Gasteiger partial charge < -0.3 is 0 Å². The summed E-state index contributed by atoms with van der Waals surface area (Å²) in [5.41, 5.74) is 2.78. The summed E-state index contributed by atoms with van der Waals surface area (Å²) in [4.78, 5) is 10.1. The summed E-state index contributed by atoms with van der Waals surface area (Å²) in [7, 11) is 0. The first-order valence-corrected chi connectivity index (χ1v) is 10.8. The monoisotopic (exact) mass is 364 g/mol. The average Bonchev–Trinajstić information content (AvgIpc) is 2.57. The lowest BCUT2D eigenvalue weighted by Crippen LogP contribution is -1.98. The fourth-order valence-electron chi connectivity index (χ4n) is 2.06. The van der Waals surface area contributed by atoms with Gasteiger partial charge in [-0.05, 0) is 31.7 Å². The fourth-order valence-corrected chi connectivity index (χ4v) is 2.06. The van der Waals surface area contributed by atoms with Crippen LogP contribution in [-0.4, -0.2) is 5.78 Å². The van der Waals surface area contributed by atoms with Crippen molar-refractivity contribution in [3.63, 3.8) is 0 Å². The first kappa shape index (κ1) is 29.6. The number of benzene rings is 1. The Kier molecular flexibility index (Phi) is 25.0. The average molecular weight is 365 g/mol. The van der Waals surface area contributed by atoms with Crippen LogP contribution >= 0.6 is 0 Å². The highest BCUT2D eigenvalue weighted by Gasteiger charge is 1.96. The highest BCUT2D eigenvalue weighted by atomic mass is 16.1. The van der Waals surface area contributed by atoms with Gasteiger partial charge in [-0.25, -0.2) is 0 Å². The van der Waals surface area contributed by atoms with Gasteiger partial charge in [0, 0.05) is 5.92 Å². The molecule has 0 radical (unpaired) electrons. The van der Waals surface area contributed by atoms with Gasteiger partial charge in [0.15, 0.2) is 0 Å². The number of carbonyl (C=O) groups excluding carboxylic acids is 1. The molecule has 0 spiro atoms. The minimum absolute atomic E-state index is 0.213. The summed E-state index contributed by atoms with van der Waals surface area (Å²) in [6.45, 7) is 20.8. The van der Waals surface area contributed by atoms with Gasteiger partial charge in [0.05, 0.1) is 0 Å². The Balaban J connectivity index is -0.000000289. The minimum Gasteiger partial charge on any atom is -0.300 e. The molecule has 0 fully saturated rings. The number of carbonyl (C=O) groups is 1. The van der Waals surface area contributed by atoms with Gasteiger partial charge in [0.1, 0.15) is 5.78 Å². The zero-order chi connectivity index (χ0) is 21.0. The van der Waals surface area contributed by atoms with Crippen LogP contribution in [0.15, 0.2) is 24.3 Å². The molecular weight excluding hydrogens is 316 g/mol. The number of hydrogen-bond acceptors (Lipinski definition) is 1. The van der Waals surface area contributed by atoms with Gasteiger partial charge in [0.2, 0.25) is 0 Å². The summed E-state index contributed by atoms with van der Waals surface area (Å²) < 4.78 is 0.